The molecule has 0 aliphatic carbocycles. The first-order chi connectivity index (χ1) is 10.8. The van der Waals surface area contributed by atoms with Crippen LogP contribution in [0.4, 0.5) is 11.5 Å². The number of benzene rings is 1. The first-order valence-corrected chi connectivity index (χ1v) is 8.15. The van der Waals surface area contributed by atoms with Crippen molar-refractivity contribution in [1.29, 1.82) is 0 Å². The highest BCUT2D eigenvalue weighted by Crippen LogP contribution is 2.21. The van der Waals surface area contributed by atoms with E-state index >= 15 is 0 Å². The zero-order chi connectivity index (χ0) is 14.9. The summed E-state index contributed by atoms with van der Waals surface area (Å²) < 4.78 is 2.95. The van der Waals surface area contributed by atoms with Crippen LogP contribution in [-0.4, -0.2) is 40.8 Å². The molecule has 2 aromatic heterocycles. The third kappa shape index (κ3) is 2.54. The molecule has 1 fully saturated rings. The summed E-state index contributed by atoms with van der Waals surface area (Å²) in [6, 6.07) is 12.6. The predicted octanol–water partition coefficient (Wildman–Crippen LogP) is 2.82. The van der Waals surface area contributed by atoms with Crippen LogP contribution in [0, 0.1) is 0 Å². The van der Waals surface area contributed by atoms with Crippen LogP contribution in [0.1, 0.15) is 0 Å². The molecule has 0 spiro atoms. The van der Waals surface area contributed by atoms with E-state index in [-0.39, 0.29) is 0 Å². The van der Waals surface area contributed by atoms with Gasteiger partial charge in [-0.25, -0.2) is 9.50 Å². The molecule has 1 aromatic carbocycles. The van der Waals surface area contributed by atoms with Crippen LogP contribution >= 0.6 is 15.9 Å². The Balaban J connectivity index is 1.47. The fourth-order valence-corrected chi connectivity index (χ4v) is 3.08. The van der Waals surface area contributed by atoms with E-state index in [1.807, 2.05) is 16.8 Å². The van der Waals surface area contributed by atoms with Crippen molar-refractivity contribution >= 4 is 33.1 Å². The van der Waals surface area contributed by atoms with E-state index in [9.17, 15) is 0 Å². The molecule has 0 amide bonds. The van der Waals surface area contributed by atoms with Crippen molar-refractivity contribution in [2.75, 3.05) is 36.0 Å². The van der Waals surface area contributed by atoms with Crippen LogP contribution in [0.2, 0.25) is 0 Å². The molecule has 6 heteroatoms. The Kier molecular flexibility index (Phi) is 3.46. The molecule has 0 N–H and O–H groups in total. The molecular formula is C16H16BrN5. The van der Waals surface area contributed by atoms with E-state index in [0.29, 0.717) is 0 Å². The molecule has 0 unspecified atom stereocenters. The number of imidazole rings is 1. The number of nitrogens with zero attached hydrogens (tertiary/aromatic N) is 5. The Morgan fingerprint density at radius 2 is 1.59 bits per heavy atom. The predicted molar refractivity (Wildman–Crippen MR) is 91.6 cm³/mol. The Bertz CT molecular complexity index is 775. The van der Waals surface area contributed by atoms with E-state index in [4.69, 9.17) is 0 Å². The SMILES string of the molecule is Brc1ccc(N2CCN(c3ccc4nccn4n3)CC2)cc1. The van der Waals surface area contributed by atoms with Crippen molar-refractivity contribution in [3.63, 3.8) is 0 Å². The maximum absolute atomic E-state index is 4.62. The van der Waals surface area contributed by atoms with E-state index in [0.717, 1.165) is 42.1 Å². The molecule has 0 radical (unpaired) electrons. The molecule has 112 valence electrons. The second-order valence-corrected chi connectivity index (χ2v) is 6.29. The minimum absolute atomic E-state index is 0.886. The summed E-state index contributed by atoms with van der Waals surface area (Å²) in [5, 5.41) is 4.62. The van der Waals surface area contributed by atoms with Crippen molar-refractivity contribution in [1.82, 2.24) is 14.6 Å². The van der Waals surface area contributed by atoms with Crippen molar-refractivity contribution in [2.24, 2.45) is 0 Å². The molecular weight excluding hydrogens is 342 g/mol. The van der Waals surface area contributed by atoms with Crippen LogP contribution < -0.4 is 9.80 Å². The summed E-state index contributed by atoms with van der Waals surface area (Å²) in [4.78, 5) is 8.98. The minimum atomic E-state index is 0.886. The maximum atomic E-state index is 4.62. The van der Waals surface area contributed by atoms with Gasteiger partial charge in [-0.3, -0.25) is 0 Å². The summed E-state index contributed by atoms with van der Waals surface area (Å²) >= 11 is 3.48. The number of rotatable bonds is 2. The highest BCUT2D eigenvalue weighted by molar-refractivity contribution is 9.10. The first kappa shape index (κ1) is 13.6. The molecule has 3 heterocycles. The van der Waals surface area contributed by atoms with Gasteiger partial charge in [0.05, 0.1) is 0 Å². The van der Waals surface area contributed by atoms with Gasteiger partial charge in [0.1, 0.15) is 5.82 Å². The summed E-state index contributed by atoms with van der Waals surface area (Å²) in [5.74, 6) is 1.01. The fraction of sp³-hybridized carbons (Fsp3) is 0.250. The largest absolute Gasteiger partial charge is 0.368 e. The van der Waals surface area contributed by atoms with Crippen LogP contribution in [0.15, 0.2) is 53.3 Å². The van der Waals surface area contributed by atoms with Gasteiger partial charge in [0, 0.05) is 48.7 Å². The van der Waals surface area contributed by atoms with Crippen LogP contribution in [0.5, 0.6) is 0 Å². The molecule has 22 heavy (non-hydrogen) atoms. The van der Waals surface area contributed by atoms with Gasteiger partial charge in [0.15, 0.2) is 5.65 Å². The second-order valence-electron chi connectivity index (χ2n) is 5.37. The molecule has 4 rings (SSSR count). The topological polar surface area (TPSA) is 36.7 Å². The Morgan fingerprint density at radius 3 is 2.36 bits per heavy atom. The van der Waals surface area contributed by atoms with E-state index in [1.54, 1.807) is 6.20 Å². The van der Waals surface area contributed by atoms with Gasteiger partial charge in [-0.1, -0.05) is 15.9 Å². The lowest BCUT2D eigenvalue weighted by Gasteiger charge is -2.36. The number of piperazine rings is 1. The summed E-state index contributed by atoms with van der Waals surface area (Å²) in [7, 11) is 0. The van der Waals surface area contributed by atoms with Crippen molar-refractivity contribution < 1.29 is 0 Å². The number of anilines is 2. The van der Waals surface area contributed by atoms with Gasteiger partial charge in [0.25, 0.3) is 0 Å². The lowest BCUT2D eigenvalue weighted by molar-refractivity contribution is 0.641. The van der Waals surface area contributed by atoms with Gasteiger partial charge in [-0.2, -0.15) is 0 Å². The molecule has 1 aliphatic heterocycles. The molecule has 3 aromatic rings. The first-order valence-electron chi connectivity index (χ1n) is 7.35. The lowest BCUT2D eigenvalue weighted by Crippen LogP contribution is -2.46. The van der Waals surface area contributed by atoms with E-state index < -0.39 is 0 Å². The normalized spacial score (nSPS) is 15.5. The highest BCUT2D eigenvalue weighted by atomic mass is 79.9. The van der Waals surface area contributed by atoms with Gasteiger partial charge in [-0.15, -0.1) is 5.10 Å². The summed E-state index contributed by atoms with van der Waals surface area (Å²) in [6.45, 7) is 3.96. The van der Waals surface area contributed by atoms with Gasteiger partial charge in [-0.05, 0) is 36.4 Å². The molecule has 0 saturated carbocycles. The average Bonchev–Trinajstić information content (AvgIpc) is 3.03. The van der Waals surface area contributed by atoms with Gasteiger partial charge < -0.3 is 9.80 Å². The number of halogens is 1. The van der Waals surface area contributed by atoms with E-state index in [2.05, 4.69) is 66.1 Å². The zero-order valence-corrected chi connectivity index (χ0v) is 13.6. The van der Waals surface area contributed by atoms with Crippen molar-refractivity contribution in [3.8, 4) is 0 Å². The Hall–Kier alpha value is -2.08. The summed E-state index contributed by atoms with van der Waals surface area (Å²) in [6.07, 6.45) is 3.66. The average molecular weight is 358 g/mol. The van der Waals surface area contributed by atoms with E-state index in [1.165, 1.54) is 5.69 Å². The minimum Gasteiger partial charge on any atom is -0.368 e. The number of hydrogen-bond donors (Lipinski definition) is 0. The zero-order valence-electron chi connectivity index (χ0n) is 12.1. The van der Waals surface area contributed by atoms with Crippen LogP contribution in [0.25, 0.3) is 5.65 Å². The Labute approximate surface area is 137 Å². The fourth-order valence-electron chi connectivity index (χ4n) is 2.82. The molecule has 1 aliphatic rings. The van der Waals surface area contributed by atoms with Crippen molar-refractivity contribution in [2.45, 2.75) is 0 Å². The molecule has 0 bridgehead atoms. The quantitative estimate of drug-likeness (QED) is 0.706. The monoisotopic (exact) mass is 357 g/mol. The van der Waals surface area contributed by atoms with Gasteiger partial charge >= 0.3 is 0 Å². The highest BCUT2D eigenvalue weighted by Gasteiger charge is 2.18. The smallest absolute Gasteiger partial charge is 0.153 e. The summed E-state index contributed by atoms with van der Waals surface area (Å²) in [5.41, 5.74) is 2.16. The second kappa shape index (κ2) is 5.61. The molecule has 1 saturated heterocycles. The maximum Gasteiger partial charge on any atom is 0.153 e. The molecule has 5 nitrogen and oxygen atoms in total. The van der Waals surface area contributed by atoms with Crippen molar-refractivity contribution in [3.05, 3.63) is 53.3 Å². The number of hydrogen-bond acceptors (Lipinski definition) is 4. The standard InChI is InChI=1S/C16H16BrN5/c17-13-1-3-14(4-2-13)20-9-11-21(12-10-20)16-6-5-15-18-7-8-22(15)19-16/h1-8H,9-12H2. The number of fused-ring (bicyclic) bond motifs is 1. The van der Waals surface area contributed by atoms with Gasteiger partial charge in [0.2, 0.25) is 0 Å². The Morgan fingerprint density at radius 1 is 0.864 bits per heavy atom. The van der Waals surface area contributed by atoms with Crippen LogP contribution in [0.3, 0.4) is 0 Å². The molecule has 0 atom stereocenters. The third-order valence-corrected chi connectivity index (χ3v) is 4.57. The van der Waals surface area contributed by atoms with Crippen LogP contribution in [-0.2, 0) is 0 Å². The third-order valence-electron chi connectivity index (χ3n) is 4.04. The lowest BCUT2D eigenvalue weighted by atomic mass is 10.2. The number of aromatic nitrogens is 3.